The molecule has 0 spiro atoms. The van der Waals surface area contributed by atoms with Gasteiger partial charge in [-0.2, -0.15) is 8.61 Å². The molecule has 2 fully saturated rings. The summed E-state index contributed by atoms with van der Waals surface area (Å²) in [5, 5.41) is 2.73. The summed E-state index contributed by atoms with van der Waals surface area (Å²) in [6, 6.07) is 12.5. The standard InChI is InChI=1S/C23H29N3O6S2/c27-23(18-32-20-7-11-22(12-8-20)34(30,31)26-15-3-4-16-26)24-17-19-5-9-21(10-6-19)33(28,29)25-13-1-2-14-25/h5-12H,1-4,13-18H2,(H,24,27). The maximum atomic E-state index is 12.6. The van der Waals surface area contributed by atoms with E-state index in [4.69, 9.17) is 4.74 Å². The third kappa shape index (κ3) is 5.60. The average Bonchev–Trinajstić information content (AvgIpc) is 3.57. The summed E-state index contributed by atoms with van der Waals surface area (Å²) in [6.45, 7) is 2.20. The van der Waals surface area contributed by atoms with E-state index in [9.17, 15) is 21.6 Å². The highest BCUT2D eigenvalue weighted by molar-refractivity contribution is 7.89. The van der Waals surface area contributed by atoms with Crippen molar-refractivity contribution in [3.05, 3.63) is 54.1 Å². The molecule has 184 valence electrons. The van der Waals surface area contributed by atoms with E-state index in [1.54, 1.807) is 24.3 Å². The van der Waals surface area contributed by atoms with Crippen molar-refractivity contribution in [3.8, 4) is 5.75 Å². The number of nitrogens with zero attached hydrogens (tertiary/aromatic N) is 2. The quantitative estimate of drug-likeness (QED) is 0.555. The number of hydrogen-bond acceptors (Lipinski definition) is 6. The minimum absolute atomic E-state index is 0.210. The number of hydrogen-bond donors (Lipinski definition) is 1. The van der Waals surface area contributed by atoms with Gasteiger partial charge in [0.1, 0.15) is 5.75 Å². The predicted molar refractivity (Wildman–Crippen MR) is 126 cm³/mol. The van der Waals surface area contributed by atoms with Crippen LogP contribution >= 0.6 is 0 Å². The van der Waals surface area contributed by atoms with Crippen molar-refractivity contribution >= 4 is 26.0 Å². The Hall–Kier alpha value is -2.47. The Kier molecular flexibility index (Phi) is 7.56. The zero-order valence-corrected chi connectivity index (χ0v) is 20.5. The van der Waals surface area contributed by atoms with Gasteiger partial charge in [0.15, 0.2) is 6.61 Å². The first-order chi connectivity index (χ1) is 16.3. The zero-order chi connectivity index (χ0) is 24.2. The molecule has 0 aliphatic carbocycles. The number of ether oxygens (including phenoxy) is 1. The Morgan fingerprint density at radius 3 is 1.65 bits per heavy atom. The molecule has 0 atom stereocenters. The molecule has 1 amide bonds. The molecule has 2 heterocycles. The van der Waals surface area contributed by atoms with Crippen molar-refractivity contribution in [2.45, 2.75) is 42.0 Å². The van der Waals surface area contributed by atoms with E-state index in [0.717, 1.165) is 31.2 Å². The lowest BCUT2D eigenvalue weighted by atomic mass is 10.2. The number of carbonyl (C=O) groups is 1. The van der Waals surface area contributed by atoms with Gasteiger partial charge in [0.25, 0.3) is 5.91 Å². The van der Waals surface area contributed by atoms with Gasteiger partial charge in [-0.3, -0.25) is 4.79 Å². The van der Waals surface area contributed by atoms with E-state index in [2.05, 4.69) is 5.32 Å². The van der Waals surface area contributed by atoms with Gasteiger partial charge >= 0.3 is 0 Å². The van der Waals surface area contributed by atoms with Crippen molar-refractivity contribution in [2.75, 3.05) is 32.8 Å². The van der Waals surface area contributed by atoms with Gasteiger partial charge in [-0.05, 0) is 67.6 Å². The molecule has 1 N–H and O–H groups in total. The Labute approximate surface area is 200 Å². The Bertz CT molecular complexity index is 1100. The fraction of sp³-hybridized carbons (Fsp3) is 0.435. The van der Waals surface area contributed by atoms with Crippen LogP contribution in [-0.4, -0.2) is 64.1 Å². The summed E-state index contributed by atoms with van der Waals surface area (Å²) in [4.78, 5) is 12.6. The summed E-state index contributed by atoms with van der Waals surface area (Å²) in [5.41, 5.74) is 0.769. The molecule has 9 nitrogen and oxygen atoms in total. The molecule has 0 bridgehead atoms. The Morgan fingerprint density at radius 1 is 0.735 bits per heavy atom. The molecule has 34 heavy (non-hydrogen) atoms. The molecule has 2 aliphatic rings. The fourth-order valence-electron chi connectivity index (χ4n) is 4.04. The number of benzene rings is 2. The van der Waals surface area contributed by atoms with E-state index >= 15 is 0 Å². The van der Waals surface area contributed by atoms with Gasteiger partial charge in [-0.15, -0.1) is 0 Å². The molecular formula is C23H29N3O6S2. The van der Waals surface area contributed by atoms with Crippen LogP contribution < -0.4 is 10.1 Å². The third-order valence-corrected chi connectivity index (χ3v) is 9.84. The van der Waals surface area contributed by atoms with E-state index in [0.29, 0.717) is 31.9 Å². The molecule has 2 aromatic carbocycles. The van der Waals surface area contributed by atoms with Crippen LogP contribution in [0.2, 0.25) is 0 Å². The Balaban J connectivity index is 1.25. The van der Waals surface area contributed by atoms with Crippen LogP contribution in [0.25, 0.3) is 0 Å². The molecule has 2 aliphatic heterocycles. The van der Waals surface area contributed by atoms with Crippen LogP contribution in [0.5, 0.6) is 5.75 Å². The van der Waals surface area contributed by atoms with Crippen molar-refractivity contribution < 1.29 is 26.4 Å². The molecule has 2 saturated heterocycles. The van der Waals surface area contributed by atoms with Gasteiger partial charge in [0, 0.05) is 32.7 Å². The van der Waals surface area contributed by atoms with Crippen LogP contribution in [0.1, 0.15) is 31.2 Å². The number of carbonyl (C=O) groups excluding carboxylic acids is 1. The minimum atomic E-state index is -3.49. The summed E-state index contributed by atoms with van der Waals surface area (Å²) in [6.07, 6.45) is 3.51. The molecule has 0 radical (unpaired) electrons. The van der Waals surface area contributed by atoms with Crippen molar-refractivity contribution in [3.63, 3.8) is 0 Å². The van der Waals surface area contributed by atoms with Crippen molar-refractivity contribution in [1.29, 1.82) is 0 Å². The van der Waals surface area contributed by atoms with Gasteiger partial charge in [0.2, 0.25) is 20.0 Å². The largest absolute Gasteiger partial charge is 0.484 e. The van der Waals surface area contributed by atoms with E-state index in [-0.39, 0.29) is 28.8 Å². The molecule has 0 aromatic heterocycles. The molecule has 0 unspecified atom stereocenters. The lowest BCUT2D eigenvalue weighted by molar-refractivity contribution is -0.123. The average molecular weight is 508 g/mol. The van der Waals surface area contributed by atoms with Crippen molar-refractivity contribution in [2.24, 2.45) is 0 Å². The SMILES string of the molecule is O=C(COc1ccc(S(=O)(=O)N2CCCC2)cc1)NCc1ccc(S(=O)(=O)N2CCCC2)cc1. The topological polar surface area (TPSA) is 113 Å². The van der Waals surface area contributed by atoms with Gasteiger partial charge < -0.3 is 10.1 Å². The number of rotatable bonds is 9. The fourth-order valence-corrected chi connectivity index (χ4v) is 7.08. The monoisotopic (exact) mass is 507 g/mol. The first kappa shape index (κ1) is 24.6. The number of nitrogens with one attached hydrogen (secondary N) is 1. The Morgan fingerprint density at radius 2 is 1.18 bits per heavy atom. The van der Waals surface area contributed by atoms with Crippen LogP contribution in [0.15, 0.2) is 58.3 Å². The van der Waals surface area contributed by atoms with Gasteiger partial charge in [0.05, 0.1) is 9.79 Å². The van der Waals surface area contributed by atoms with E-state index < -0.39 is 20.0 Å². The van der Waals surface area contributed by atoms with E-state index in [1.165, 1.54) is 32.9 Å². The summed E-state index contributed by atoms with van der Waals surface area (Å²) in [7, 11) is -6.94. The molecule has 2 aromatic rings. The number of sulfonamides is 2. The van der Waals surface area contributed by atoms with Crippen LogP contribution in [0, 0.1) is 0 Å². The highest BCUT2D eigenvalue weighted by atomic mass is 32.2. The van der Waals surface area contributed by atoms with Crippen LogP contribution in [-0.2, 0) is 31.4 Å². The highest BCUT2D eigenvalue weighted by Crippen LogP contribution is 2.23. The summed E-state index contributed by atoms with van der Waals surface area (Å²) >= 11 is 0. The third-order valence-electron chi connectivity index (χ3n) is 6.01. The smallest absolute Gasteiger partial charge is 0.258 e. The predicted octanol–water partition coefficient (Wildman–Crippen LogP) is 1.95. The van der Waals surface area contributed by atoms with Gasteiger partial charge in [-0.25, -0.2) is 16.8 Å². The molecular weight excluding hydrogens is 478 g/mol. The lowest BCUT2D eigenvalue weighted by Crippen LogP contribution is -2.29. The normalized spacial score (nSPS) is 17.6. The number of amides is 1. The van der Waals surface area contributed by atoms with Crippen LogP contribution in [0.3, 0.4) is 0 Å². The second-order valence-corrected chi connectivity index (χ2v) is 12.3. The summed E-state index contributed by atoms with van der Waals surface area (Å²) < 4.78 is 58.7. The molecule has 4 rings (SSSR count). The first-order valence-corrected chi connectivity index (χ1v) is 14.2. The second kappa shape index (κ2) is 10.4. The van der Waals surface area contributed by atoms with Crippen LogP contribution in [0.4, 0.5) is 0 Å². The lowest BCUT2D eigenvalue weighted by Gasteiger charge is -2.16. The zero-order valence-electron chi connectivity index (χ0n) is 18.9. The maximum absolute atomic E-state index is 12.6. The molecule has 0 saturated carbocycles. The second-order valence-electron chi connectivity index (χ2n) is 8.40. The summed E-state index contributed by atoms with van der Waals surface area (Å²) in [5.74, 6) is 0.0505. The highest BCUT2D eigenvalue weighted by Gasteiger charge is 2.28. The first-order valence-electron chi connectivity index (χ1n) is 11.4. The minimum Gasteiger partial charge on any atom is -0.484 e. The maximum Gasteiger partial charge on any atom is 0.258 e. The molecule has 11 heteroatoms. The van der Waals surface area contributed by atoms with Crippen molar-refractivity contribution in [1.82, 2.24) is 13.9 Å². The van der Waals surface area contributed by atoms with Gasteiger partial charge in [-0.1, -0.05) is 12.1 Å². The van der Waals surface area contributed by atoms with E-state index in [1.807, 2.05) is 0 Å².